The molecule has 225 valence electrons. The molecular weight excluding hydrogens is 577 g/mol. The lowest BCUT2D eigenvalue weighted by atomic mass is 9.88. The number of methoxy groups -OCH3 is 1. The van der Waals surface area contributed by atoms with E-state index in [0.717, 1.165) is 52.8 Å². The molecule has 0 aliphatic carbocycles. The van der Waals surface area contributed by atoms with Gasteiger partial charge in [-0.1, -0.05) is 59.5 Å². The molecule has 1 unspecified atom stereocenters. The number of hydrogen-bond donors (Lipinski definition) is 3. The zero-order valence-electron chi connectivity index (χ0n) is 24.7. The van der Waals surface area contributed by atoms with Crippen molar-refractivity contribution in [3.05, 3.63) is 106 Å². The fourth-order valence-electron chi connectivity index (χ4n) is 5.43. The van der Waals surface area contributed by atoms with Crippen molar-refractivity contribution in [1.82, 2.24) is 25.4 Å². The van der Waals surface area contributed by atoms with E-state index in [1.165, 1.54) is 0 Å². The third-order valence-corrected chi connectivity index (χ3v) is 7.92. The van der Waals surface area contributed by atoms with Crippen LogP contribution in [-0.4, -0.2) is 59.3 Å². The fraction of sp³-hybridized carbons (Fsp3) is 0.273. The summed E-state index contributed by atoms with van der Waals surface area (Å²) < 4.78 is 7.62. The average Bonchev–Trinajstić information content (AvgIpc) is 3.44. The van der Waals surface area contributed by atoms with E-state index in [2.05, 4.69) is 26.9 Å². The van der Waals surface area contributed by atoms with Crippen molar-refractivity contribution in [2.24, 2.45) is 0 Å². The predicted octanol–water partition coefficient (Wildman–Crippen LogP) is 3.65. The second-order valence-corrected chi connectivity index (χ2v) is 11.1. The molecule has 4 aromatic rings. The summed E-state index contributed by atoms with van der Waals surface area (Å²) in [7, 11) is 2.66. The number of ether oxygens (including phenoxy) is 1. The first-order chi connectivity index (χ1) is 21.4. The van der Waals surface area contributed by atoms with Gasteiger partial charge in [0.05, 0.1) is 19.2 Å². The molecule has 3 N–H and O–H groups in total. The van der Waals surface area contributed by atoms with Gasteiger partial charge < -0.3 is 20.4 Å². The number of hydrogen-bond acceptors (Lipinski definition) is 6. The predicted molar refractivity (Wildman–Crippen MR) is 172 cm³/mol. The number of amides is 2. The van der Waals surface area contributed by atoms with Crippen LogP contribution in [0.25, 0.3) is 11.3 Å². The molecule has 0 bridgehead atoms. The van der Waals surface area contributed by atoms with E-state index < -0.39 is 0 Å². The van der Waals surface area contributed by atoms with E-state index in [1.54, 1.807) is 31.4 Å². The maximum Gasteiger partial charge on any atom is 0.326 e. The number of nitrogens with one attached hydrogen (secondary N) is 2. The van der Waals surface area contributed by atoms with Crippen molar-refractivity contribution in [2.75, 3.05) is 20.2 Å². The van der Waals surface area contributed by atoms with Gasteiger partial charge in [0.2, 0.25) is 11.8 Å². The third kappa shape index (κ3) is 7.38. The molecule has 9 nitrogen and oxygen atoms in total. The van der Waals surface area contributed by atoms with Gasteiger partial charge in [0, 0.05) is 36.0 Å². The number of aromatic nitrogens is 3. The molecule has 3 aromatic carbocycles. The molecule has 1 aliphatic rings. The standard InChI is InChI=1S/C33H34BClN5O4/c1-21-38-39-33-24(19-32(42)37-17-16-36-31(41)18-22-6-10-25(34-43)11-7-22)4-3-5-28(23-8-12-26(35)13-9-23)29-20-27(44-2)14-15-30(29)40(21)33/h5-15,20,24,43H,3-4,16-19H2,1-2H3,(H,36,41)(H,37,42). The van der Waals surface area contributed by atoms with Gasteiger partial charge in [0.1, 0.15) is 17.4 Å². The van der Waals surface area contributed by atoms with Gasteiger partial charge in [0.25, 0.3) is 0 Å². The van der Waals surface area contributed by atoms with Crippen molar-refractivity contribution in [1.29, 1.82) is 0 Å². The minimum Gasteiger partial charge on any atom is -0.497 e. The first-order valence-electron chi connectivity index (χ1n) is 14.5. The topological polar surface area (TPSA) is 118 Å². The Balaban J connectivity index is 1.29. The highest BCUT2D eigenvalue weighted by Gasteiger charge is 2.27. The van der Waals surface area contributed by atoms with Crippen LogP contribution in [0.2, 0.25) is 5.02 Å². The van der Waals surface area contributed by atoms with Gasteiger partial charge >= 0.3 is 7.48 Å². The number of halogens is 1. The quantitative estimate of drug-likeness (QED) is 0.186. The maximum atomic E-state index is 13.1. The lowest BCUT2D eigenvalue weighted by Crippen LogP contribution is -2.36. The summed E-state index contributed by atoms with van der Waals surface area (Å²) >= 11 is 6.20. The minimum absolute atomic E-state index is 0.122. The Kier molecular flexibility index (Phi) is 10.1. The van der Waals surface area contributed by atoms with Crippen LogP contribution in [0.3, 0.4) is 0 Å². The first kappa shape index (κ1) is 31.0. The molecule has 11 heteroatoms. The average molecular weight is 611 g/mol. The highest BCUT2D eigenvalue weighted by molar-refractivity contribution is 6.45. The molecule has 5 rings (SSSR count). The number of allylic oxidation sites excluding steroid dienone is 1. The van der Waals surface area contributed by atoms with Crippen LogP contribution in [0.1, 0.15) is 53.5 Å². The Morgan fingerprint density at radius 2 is 1.75 bits per heavy atom. The summed E-state index contributed by atoms with van der Waals surface area (Å²) in [6.07, 6.45) is 4.06. The van der Waals surface area contributed by atoms with Gasteiger partial charge in [0.15, 0.2) is 0 Å². The molecular formula is C33H34BClN5O4. The second-order valence-electron chi connectivity index (χ2n) is 10.7. The van der Waals surface area contributed by atoms with E-state index in [-0.39, 0.29) is 30.6 Å². The van der Waals surface area contributed by atoms with E-state index in [4.69, 9.17) is 21.4 Å². The monoisotopic (exact) mass is 610 g/mol. The SMILES string of the molecule is COc1ccc2c(c1)C(c1ccc(Cl)cc1)=CCCC(CC(=O)NCCNC(=O)Cc1ccc([B]O)cc1)c1nnc(C)n1-2. The molecule has 0 saturated carbocycles. The van der Waals surface area contributed by atoms with Crippen molar-refractivity contribution in [2.45, 2.75) is 38.5 Å². The van der Waals surface area contributed by atoms with Crippen molar-refractivity contribution < 1.29 is 19.3 Å². The molecule has 0 spiro atoms. The zero-order chi connectivity index (χ0) is 31.1. The summed E-state index contributed by atoms with van der Waals surface area (Å²) in [6.45, 7) is 2.54. The summed E-state index contributed by atoms with van der Waals surface area (Å²) in [5.41, 5.74) is 5.45. The Morgan fingerprint density at radius 1 is 1.02 bits per heavy atom. The molecule has 1 atom stereocenters. The fourth-order valence-corrected chi connectivity index (χ4v) is 5.55. The molecule has 0 fully saturated rings. The van der Waals surface area contributed by atoms with Crippen molar-refractivity contribution in [3.63, 3.8) is 0 Å². The number of rotatable bonds is 10. The number of carbonyl (C=O) groups excluding carboxylic acids is 2. The number of aryl methyl sites for hydroxylation is 1. The maximum absolute atomic E-state index is 13.1. The summed E-state index contributed by atoms with van der Waals surface area (Å²) in [4.78, 5) is 25.4. The Morgan fingerprint density at radius 3 is 2.45 bits per heavy atom. The minimum atomic E-state index is -0.180. The van der Waals surface area contributed by atoms with Crippen LogP contribution in [0.15, 0.2) is 72.8 Å². The Labute approximate surface area is 262 Å². The smallest absolute Gasteiger partial charge is 0.326 e. The Hall–Kier alpha value is -4.41. The number of nitrogens with zero attached hydrogens (tertiary/aromatic N) is 3. The largest absolute Gasteiger partial charge is 0.497 e. The molecule has 1 aromatic heterocycles. The normalized spacial score (nSPS) is 14.2. The Bertz CT molecular complexity index is 1650. The van der Waals surface area contributed by atoms with E-state index in [9.17, 15) is 9.59 Å². The van der Waals surface area contributed by atoms with Crippen LogP contribution in [0.4, 0.5) is 0 Å². The van der Waals surface area contributed by atoms with Crippen molar-refractivity contribution in [3.8, 4) is 11.4 Å². The molecule has 0 saturated heterocycles. The van der Waals surface area contributed by atoms with E-state index in [0.29, 0.717) is 36.4 Å². The lowest BCUT2D eigenvalue weighted by molar-refractivity contribution is -0.122. The van der Waals surface area contributed by atoms with Crippen LogP contribution in [-0.2, 0) is 16.0 Å². The second kappa shape index (κ2) is 14.4. The molecule has 2 amide bonds. The number of carbonyl (C=O) groups is 2. The number of benzene rings is 3. The van der Waals surface area contributed by atoms with Crippen LogP contribution < -0.4 is 20.8 Å². The highest BCUT2D eigenvalue weighted by Crippen LogP contribution is 2.37. The first-order valence-corrected chi connectivity index (χ1v) is 14.9. The van der Waals surface area contributed by atoms with E-state index in [1.807, 2.05) is 54.0 Å². The van der Waals surface area contributed by atoms with Crippen LogP contribution in [0.5, 0.6) is 5.75 Å². The van der Waals surface area contributed by atoms with Crippen LogP contribution >= 0.6 is 11.6 Å². The summed E-state index contributed by atoms with van der Waals surface area (Å²) in [5.74, 6) is 1.74. The van der Waals surface area contributed by atoms with Gasteiger partial charge in [-0.05, 0) is 66.8 Å². The molecule has 2 heterocycles. The zero-order valence-corrected chi connectivity index (χ0v) is 25.5. The van der Waals surface area contributed by atoms with E-state index >= 15 is 0 Å². The van der Waals surface area contributed by atoms with Gasteiger partial charge in [-0.2, -0.15) is 0 Å². The molecule has 1 aliphatic heterocycles. The van der Waals surface area contributed by atoms with Gasteiger partial charge in [-0.3, -0.25) is 14.2 Å². The molecule has 1 radical (unpaired) electrons. The summed E-state index contributed by atoms with van der Waals surface area (Å²) in [5, 5.41) is 24.5. The highest BCUT2D eigenvalue weighted by atomic mass is 35.5. The molecule has 44 heavy (non-hydrogen) atoms. The van der Waals surface area contributed by atoms with Gasteiger partial charge in [-0.25, -0.2) is 0 Å². The van der Waals surface area contributed by atoms with Crippen LogP contribution in [0, 0.1) is 6.92 Å². The summed E-state index contributed by atoms with van der Waals surface area (Å²) in [6, 6.07) is 20.8. The van der Waals surface area contributed by atoms with Crippen molar-refractivity contribution >= 4 is 41.9 Å². The third-order valence-electron chi connectivity index (χ3n) is 7.66. The number of fused-ring (bicyclic) bond motifs is 3. The lowest BCUT2D eigenvalue weighted by Gasteiger charge is -2.19. The van der Waals surface area contributed by atoms with Gasteiger partial charge in [-0.15, -0.1) is 10.2 Å².